The van der Waals surface area contributed by atoms with Crippen molar-refractivity contribution in [2.24, 2.45) is 7.05 Å². The molecule has 2 rings (SSSR count). The number of nitrogens with zero attached hydrogens (tertiary/aromatic N) is 2. The van der Waals surface area contributed by atoms with E-state index in [1.54, 1.807) is 12.3 Å². The molecule has 88 valence electrons. The smallest absolute Gasteiger partial charge is 0.203 e. The molecule has 0 saturated carbocycles. The molecule has 0 aliphatic heterocycles. The van der Waals surface area contributed by atoms with E-state index in [9.17, 15) is 4.79 Å². The van der Waals surface area contributed by atoms with E-state index in [2.05, 4.69) is 0 Å². The SMILES string of the molecule is CN(C)C=CC(=O)c1cc2ccccc2n1C. The Hall–Kier alpha value is -2.03. The van der Waals surface area contributed by atoms with Gasteiger partial charge in [0.15, 0.2) is 0 Å². The van der Waals surface area contributed by atoms with Gasteiger partial charge in [-0.3, -0.25) is 4.79 Å². The Balaban J connectivity index is 2.42. The topological polar surface area (TPSA) is 25.2 Å². The molecule has 0 unspecified atom stereocenters. The van der Waals surface area contributed by atoms with E-state index in [1.165, 1.54) is 0 Å². The Bertz CT molecular complexity index is 579. The standard InChI is InChI=1S/C14H16N2O/c1-15(2)9-8-14(17)13-10-11-6-4-5-7-12(11)16(13)3/h4-10H,1-3H3. The highest BCUT2D eigenvalue weighted by Gasteiger charge is 2.10. The maximum absolute atomic E-state index is 12.0. The van der Waals surface area contributed by atoms with Gasteiger partial charge in [0, 0.05) is 44.3 Å². The summed E-state index contributed by atoms with van der Waals surface area (Å²) in [5.41, 5.74) is 1.79. The van der Waals surface area contributed by atoms with Gasteiger partial charge in [-0.15, -0.1) is 0 Å². The molecular weight excluding hydrogens is 212 g/mol. The van der Waals surface area contributed by atoms with E-state index < -0.39 is 0 Å². The molecule has 0 amide bonds. The Morgan fingerprint density at radius 3 is 2.65 bits per heavy atom. The average molecular weight is 228 g/mol. The number of fused-ring (bicyclic) bond motifs is 1. The number of carbonyl (C=O) groups excluding carboxylic acids is 1. The van der Waals surface area contributed by atoms with E-state index in [4.69, 9.17) is 0 Å². The third-order valence-electron chi connectivity index (χ3n) is 2.73. The van der Waals surface area contributed by atoms with Crippen molar-refractivity contribution in [3.63, 3.8) is 0 Å². The fourth-order valence-corrected chi connectivity index (χ4v) is 1.83. The van der Waals surface area contributed by atoms with Crippen LogP contribution in [0.15, 0.2) is 42.6 Å². The molecule has 0 saturated heterocycles. The van der Waals surface area contributed by atoms with E-state index >= 15 is 0 Å². The van der Waals surface area contributed by atoms with Crippen LogP contribution in [-0.4, -0.2) is 29.3 Å². The molecule has 0 aliphatic rings. The highest BCUT2D eigenvalue weighted by Crippen LogP contribution is 2.18. The monoisotopic (exact) mass is 228 g/mol. The second-order valence-corrected chi connectivity index (χ2v) is 4.29. The Labute approximate surface area is 101 Å². The van der Waals surface area contributed by atoms with Crippen molar-refractivity contribution >= 4 is 16.7 Å². The van der Waals surface area contributed by atoms with E-state index in [0.29, 0.717) is 5.69 Å². The number of para-hydroxylation sites is 1. The molecule has 0 fully saturated rings. The summed E-state index contributed by atoms with van der Waals surface area (Å²) in [4.78, 5) is 13.9. The van der Waals surface area contributed by atoms with Crippen molar-refractivity contribution in [1.82, 2.24) is 9.47 Å². The van der Waals surface area contributed by atoms with Gasteiger partial charge >= 0.3 is 0 Å². The van der Waals surface area contributed by atoms with Crippen LogP contribution < -0.4 is 0 Å². The molecule has 3 heteroatoms. The zero-order chi connectivity index (χ0) is 12.4. The second-order valence-electron chi connectivity index (χ2n) is 4.29. The second kappa shape index (κ2) is 4.45. The van der Waals surface area contributed by atoms with Crippen LogP contribution in [0.4, 0.5) is 0 Å². The van der Waals surface area contributed by atoms with Crippen LogP contribution in [-0.2, 0) is 7.05 Å². The van der Waals surface area contributed by atoms with Crippen molar-refractivity contribution < 1.29 is 4.79 Å². The lowest BCUT2D eigenvalue weighted by molar-refractivity contribution is 0.103. The van der Waals surface area contributed by atoms with E-state index in [-0.39, 0.29) is 5.78 Å². The number of benzene rings is 1. The predicted octanol–water partition coefficient (Wildman–Crippen LogP) is 2.44. The first-order valence-corrected chi connectivity index (χ1v) is 5.53. The van der Waals surface area contributed by atoms with Gasteiger partial charge in [-0.2, -0.15) is 0 Å². The zero-order valence-corrected chi connectivity index (χ0v) is 10.3. The maximum Gasteiger partial charge on any atom is 0.203 e. The van der Waals surface area contributed by atoms with E-state index in [1.807, 2.05) is 60.9 Å². The lowest BCUT2D eigenvalue weighted by Crippen LogP contribution is -2.06. The third-order valence-corrected chi connectivity index (χ3v) is 2.73. The molecule has 1 heterocycles. The van der Waals surface area contributed by atoms with Crippen LogP contribution in [0, 0.1) is 0 Å². The first kappa shape index (κ1) is 11.5. The minimum Gasteiger partial charge on any atom is -0.383 e. The van der Waals surface area contributed by atoms with Crippen LogP contribution >= 0.6 is 0 Å². The molecule has 2 aromatic rings. The minimum absolute atomic E-state index is 0.0254. The zero-order valence-electron chi connectivity index (χ0n) is 10.3. The molecule has 17 heavy (non-hydrogen) atoms. The van der Waals surface area contributed by atoms with Crippen molar-refractivity contribution in [3.05, 3.63) is 48.3 Å². The summed E-state index contributed by atoms with van der Waals surface area (Å²) < 4.78 is 1.93. The first-order chi connectivity index (χ1) is 8.09. The van der Waals surface area contributed by atoms with Gasteiger partial charge in [-0.25, -0.2) is 0 Å². The molecule has 0 bridgehead atoms. The summed E-state index contributed by atoms with van der Waals surface area (Å²) in [5, 5.41) is 1.09. The first-order valence-electron chi connectivity index (χ1n) is 5.53. The molecule has 0 spiro atoms. The lowest BCUT2D eigenvalue weighted by Gasteiger charge is -2.03. The van der Waals surface area contributed by atoms with Gasteiger partial charge in [0.1, 0.15) is 0 Å². The van der Waals surface area contributed by atoms with Crippen LogP contribution in [0.25, 0.3) is 10.9 Å². The molecule has 1 aromatic carbocycles. The maximum atomic E-state index is 12.0. The summed E-state index contributed by atoms with van der Waals surface area (Å²) in [6.07, 6.45) is 3.36. The average Bonchev–Trinajstić information content (AvgIpc) is 2.64. The Kier molecular flexibility index (Phi) is 3.00. The van der Waals surface area contributed by atoms with Crippen molar-refractivity contribution in [2.45, 2.75) is 0 Å². The lowest BCUT2D eigenvalue weighted by atomic mass is 10.2. The number of allylic oxidation sites excluding steroid dienone is 1. The number of aromatic nitrogens is 1. The largest absolute Gasteiger partial charge is 0.383 e. The molecule has 1 aromatic heterocycles. The molecular formula is C14H16N2O. The van der Waals surface area contributed by atoms with Gasteiger partial charge in [0.2, 0.25) is 5.78 Å². The highest BCUT2D eigenvalue weighted by molar-refractivity contribution is 6.06. The van der Waals surface area contributed by atoms with Crippen molar-refractivity contribution in [3.8, 4) is 0 Å². The summed E-state index contributed by atoms with van der Waals surface area (Å²) in [7, 11) is 5.70. The van der Waals surface area contributed by atoms with Crippen LogP contribution in [0.3, 0.4) is 0 Å². The number of hydrogen-bond donors (Lipinski definition) is 0. The molecule has 0 aliphatic carbocycles. The number of ketones is 1. The Morgan fingerprint density at radius 2 is 2.00 bits per heavy atom. The quantitative estimate of drug-likeness (QED) is 0.595. The number of hydrogen-bond acceptors (Lipinski definition) is 2. The molecule has 0 N–H and O–H groups in total. The summed E-state index contributed by atoms with van der Waals surface area (Å²) >= 11 is 0. The Morgan fingerprint density at radius 1 is 1.29 bits per heavy atom. The van der Waals surface area contributed by atoms with Crippen molar-refractivity contribution in [2.75, 3.05) is 14.1 Å². The number of aryl methyl sites for hydroxylation is 1. The fraction of sp³-hybridized carbons (Fsp3) is 0.214. The number of rotatable bonds is 3. The van der Waals surface area contributed by atoms with Gasteiger partial charge in [0.05, 0.1) is 5.69 Å². The van der Waals surface area contributed by atoms with Gasteiger partial charge < -0.3 is 9.47 Å². The van der Waals surface area contributed by atoms with Gasteiger partial charge in [-0.1, -0.05) is 18.2 Å². The molecule has 0 atom stereocenters. The summed E-state index contributed by atoms with van der Waals surface area (Å²) in [6, 6.07) is 9.92. The van der Waals surface area contributed by atoms with Crippen LogP contribution in [0.2, 0.25) is 0 Å². The van der Waals surface area contributed by atoms with E-state index in [0.717, 1.165) is 10.9 Å². The summed E-state index contributed by atoms with van der Waals surface area (Å²) in [6.45, 7) is 0. The molecule has 0 radical (unpaired) electrons. The van der Waals surface area contributed by atoms with Crippen LogP contribution in [0.1, 0.15) is 10.5 Å². The van der Waals surface area contributed by atoms with Gasteiger partial charge in [0.25, 0.3) is 0 Å². The predicted molar refractivity (Wildman–Crippen MR) is 70.1 cm³/mol. The number of carbonyl (C=O) groups is 1. The highest BCUT2D eigenvalue weighted by atomic mass is 16.1. The van der Waals surface area contributed by atoms with Gasteiger partial charge in [-0.05, 0) is 12.1 Å². The van der Waals surface area contributed by atoms with Crippen molar-refractivity contribution in [1.29, 1.82) is 0 Å². The third kappa shape index (κ3) is 2.23. The fourth-order valence-electron chi connectivity index (χ4n) is 1.83. The minimum atomic E-state index is 0.0254. The summed E-state index contributed by atoms with van der Waals surface area (Å²) in [5.74, 6) is 0.0254. The normalized spacial score (nSPS) is 11.2. The molecule has 3 nitrogen and oxygen atoms in total. The van der Waals surface area contributed by atoms with Crippen LogP contribution in [0.5, 0.6) is 0 Å².